The van der Waals surface area contributed by atoms with Gasteiger partial charge in [-0.1, -0.05) is 91.0 Å². The number of hydrogen-bond acceptors (Lipinski definition) is 2. The van der Waals surface area contributed by atoms with E-state index >= 15 is 0 Å². The van der Waals surface area contributed by atoms with Crippen LogP contribution in [0.15, 0.2) is 91.0 Å². The van der Waals surface area contributed by atoms with Gasteiger partial charge in [0.25, 0.3) is 0 Å². The Morgan fingerprint density at radius 2 is 1.41 bits per heavy atom. The third-order valence-corrected chi connectivity index (χ3v) is 7.19. The maximum Gasteiger partial charge on any atom is 0.407 e. The minimum Gasteiger partial charge on any atom is -0.465 e. The molecule has 4 nitrogen and oxygen atoms in total. The molecule has 1 N–H and O–H groups in total. The highest BCUT2D eigenvalue weighted by molar-refractivity contribution is 5.66. The van der Waals surface area contributed by atoms with E-state index < -0.39 is 6.09 Å². The molecule has 0 radical (unpaired) electrons. The second-order valence-corrected chi connectivity index (χ2v) is 10.2. The maximum atomic E-state index is 11.9. The Labute approximate surface area is 203 Å². The van der Waals surface area contributed by atoms with Gasteiger partial charge in [-0.2, -0.15) is 0 Å². The van der Waals surface area contributed by atoms with Gasteiger partial charge < -0.3 is 10.0 Å². The molecule has 4 heteroatoms. The van der Waals surface area contributed by atoms with Crippen LogP contribution < -0.4 is 0 Å². The molecule has 0 saturated carbocycles. The van der Waals surface area contributed by atoms with Gasteiger partial charge in [0.1, 0.15) is 0 Å². The highest BCUT2D eigenvalue weighted by Gasteiger charge is 2.44. The molecule has 3 aromatic carbocycles. The molecule has 1 saturated heterocycles. The second kappa shape index (κ2) is 10.9. The molecule has 1 amide bonds. The molecule has 0 bridgehead atoms. The summed E-state index contributed by atoms with van der Waals surface area (Å²) in [6.45, 7) is 7.45. The molecule has 1 aliphatic heterocycles. The Balaban J connectivity index is 1.54. The van der Waals surface area contributed by atoms with Gasteiger partial charge in [0.05, 0.1) is 0 Å². The van der Waals surface area contributed by atoms with E-state index in [9.17, 15) is 9.90 Å². The lowest BCUT2D eigenvalue weighted by molar-refractivity contribution is 0.116. The SMILES string of the molecule is CC1(C)CC(C(CCN(Cc2ccccc2)Cc2ccccc2)c2ccccc2)CN1C(=O)O. The first kappa shape index (κ1) is 24.0. The summed E-state index contributed by atoms with van der Waals surface area (Å²) >= 11 is 0. The smallest absolute Gasteiger partial charge is 0.407 e. The number of carbonyl (C=O) groups is 1. The van der Waals surface area contributed by atoms with Crippen molar-refractivity contribution >= 4 is 6.09 Å². The first-order valence-corrected chi connectivity index (χ1v) is 12.3. The average Bonchev–Trinajstić information content (AvgIpc) is 3.16. The lowest BCUT2D eigenvalue weighted by Gasteiger charge is -2.29. The molecular formula is C30H36N2O2. The zero-order valence-electron chi connectivity index (χ0n) is 20.3. The van der Waals surface area contributed by atoms with E-state index in [1.54, 1.807) is 4.90 Å². The van der Waals surface area contributed by atoms with Crippen molar-refractivity contribution in [2.45, 2.75) is 51.2 Å². The van der Waals surface area contributed by atoms with Crippen LogP contribution in [0.4, 0.5) is 4.79 Å². The van der Waals surface area contributed by atoms with Gasteiger partial charge in [-0.15, -0.1) is 0 Å². The normalized spacial score (nSPS) is 18.2. The minimum absolute atomic E-state index is 0.309. The molecular weight excluding hydrogens is 420 g/mol. The molecule has 3 aromatic rings. The highest BCUT2D eigenvalue weighted by Crippen LogP contribution is 2.42. The van der Waals surface area contributed by atoms with Crippen LogP contribution in [0.1, 0.15) is 49.3 Å². The van der Waals surface area contributed by atoms with E-state index in [-0.39, 0.29) is 5.54 Å². The Bertz CT molecular complexity index is 996. The molecule has 2 unspecified atom stereocenters. The van der Waals surface area contributed by atoms with Crippen molar-refractivity contribution in [2.24, 2.45) is 5.92 Å². The number of carboxylic acid groups (broad SMARTS) is 1. The molecule has 178 valence electrons. The van der Waals surface area contributed by atoms with Crippen molar-refractivity contribution in [1.82, 2.24) is 9.80 Å². The fraction of sp³-hybridized carbons (Fsp3) is 0.367. The summed E-state index contributed by atoms with van der Waals surface area (Å²) in [5.74, 6) is 0.627. The number of rotatable bonds is 9. The Hall–Kier alpha value is -3.11. The van der Waals surface area contributed by atoms with Crippen LogP contribution in [-0.2, 0) is 13.1 Å². The van der Waals surface area contributed by atoms with Crippen LogP contribution in [0.25, 0.3) is 0 Å². The summed E-state index contributed by atoms with van der Waals surface area (Å²) in [6.07, 6.45) is 1.07. The van der Waals surface area contributed by atoms with Gasteiger partial charge in [-0.3, -0.25) is 4.90 Å². The maximum absolute atomic E-state index is 11.9. The Morgan fingerprint density at radius 3 is 1.88 bits per heavy atom. The van der Waals surface area contributed by atoms with Gasteiger partial charge in [-0.25, -0.2) is 4.79 Å². The summed E-state index contributed by atoms with van der Waals surface area (Å²) in [6, 6.07) is 32.0. The van der Waals surface area contributed by atoms with Crippen molar-refractivity contribution in [3.8, 4) is 0 Å². The van der Waals surface area contributed by atoms with Crippen molar-refractivity contribution in [2.75, 3.05) is 13.1 Å². The first-order chi connectivity index (χ1) is 16.4. The van der Waals surface area contributed by atoms with Gasteiger partial charge in [0, 0.05) is 25.2 Å². The average molecular weight is 457 g/mol. The van der Waals surface area contributed by atoms with Crippen molar-refractivity contribution < 1.29 is 9.90 Å². The molecule has 2 atom stereocenters. The van der Waals surface area contributed by atoms with Crippen molar-refractivity contribution in [3.05, 3.63) is 108 Å². The van der Waals surface area contributed by atoms with Crippen LogP contribution in [0.3, 0.4) is 0 Å². The Morgan fingerprint density at radius 1 is 0.912 bits per heavy atom. The van der Waals surface area contributed by atoms with E-state index in [0.717, 1.165) is 32.5 Å². The van der Waals surface area contributed by atoms with Crippen molar-refractivity contribution in [3.63, 3.8) is 0 Å². The molecule has 1 fully saturated rings. The van der Waals surface area contributed by atoms with Gasteiger partial charge >= 0.3 is 6.09 Å². The van der Waals surface area contributed by atoms with Crippen LogP contribution in [-0.4, -0.2) is 39.6 Å². The topological polar surface area (TPSA) is 43.8 Å². The van der Waals surface area contributed by atoms with E-state index in [2.05, 4.69) is 110 Å². The number of likely N-dealkylation sites (tertiary alicyclic amines) is 1. The molecule has 1 aliphatic rings. The highest BCUT2D eigenvalue weighted by atomic mass is 16.4. The zero-order chi connectivity index (χ0) is 24.0. The molecule has 4 rings (SSSR count). The summed E-state index contributed by atoms with van der Waals surface area (Å²) in [5.41, 5.74) is 3.61. The van der Waals surface area contributed by atoms with Gasteiger partial charge in [0.15, 0.2) is 0 Å². The van der Waals surface area contributed by atoms with E-state index in [0.29, 0.717) is 18.4 Å². The second-order valence-electron chi connectivity index (χ2n) is 10.2. The molecule has 1 heterocycles. The third kappa shape index (κ3) is 6.06. The standard InChI is InChI=1S/C30H36N2O2/c1-30(2)20-27(23-32(30)29(33)34)28(26-16-10-5-11-17-26)18-19-31(21-24-12-6-3-7-13-24)22-25-14-8-4-9-15-25/h3-17,27-28H,18-23H2,1-2H3,(H,33,34). The predicted molar refractivity (Wildman–Crippen MR) is 138 cm³/mol. The quantitative estimate of drug-likeness (QED) is 0.392. The number of amides is 1. The van der Waals surface area contributed by atoms with Crippen LogP contribution in [0.5, 0.6) is 0 Å². The summed E-state index contributed by atoms with van der Waals surface area (Å²) in [7, 11) is 0. The fourth-order valence-corrected chi connectivity index (χ4v) is 5.50. The predicted octanol–water partition coefficient (Wildman–Crippen LogP) is 6.64. The van der Waals surface area contributed by atoms with E-state index in [1.165, 1.54) is 16.7 Å². The number of hydrogen-bond donors (Lipinski definition) is 1. The Kier molecular flexibility index (Phi) is 7.69. The largest absolute Gasteiger partial charge is 0.465 e. The summed E-state index contributed by atoms with van der Waals surface area (Å²) < 4.78 is 0. The van der Waals surface area contributed by atoms with Crippen LogP contribution in [0, 0.1) is 5.92 Å². The molecule has 0 aromatic heterocycles. The van der Waals surface area contributed by atoms with Crippen molar-refractivity contribution in [1.29, 1.82) is 0 Å². The molecule has 0 spiro atoms. The molecule has 0 aliphatic carbocycles. The monoisotopic (exact) mass is 456 g/mol. The fourth-order valence-electron chi connectivity index (χ4n) is 5.50. The molecule has 34 heavy (non-hydrogen) atoms. The first-order valence-electron chi connectivity index (χ1n) is 12.3. The summed E-state index contributed by atoms with van der Waals surface area (Å²) in [5, 5.41) is 9.78. The number of benzene rings is 3. The summed E-state index contributed by atoms with van der Waals surface area (Å²) in [4.78, 5) is 16.1. The van der Waals surface area contributed by atoms with Crippen LogP contribution >= 0.6 is 0 Å². The minimum atomic E-state index is -0.811. The van der Waals surface area contributed by atoms with E-state index in [4.69, 9.17) is 0 Å². The lowest BCUT2D eigenvalue weighted by Crippen LogP contribution is -2.41. The number of nitrogens with zero attached hydrogens (tertiary/aromatic N) is 2. The van der Waals surface area contributed by atoms with E-state index in [1.807, 2.05) is 0 Å². The van der Waals surface area contributed by atoms with Gasteiger partial charge in [0.2, 0.25) is 0 Å². The zero-order valence-corrected chi connectivity index (χ0v) is 20.3. The lowest BCUT2D eigenvalue weighted by atomic mass is 9.80. The third-order valence-electron chi connectivity index (χ3n) is 7.19. The van der Waals surface area contributed by atoms with Crippen LogP contribution in [0.2, 0.25) is 0 Å². The van der Waals surface area contributed by atoms with Gasteiger partial charge in [-0.05, 0) is 61.8 Å².